The van der Waals surface area contributed by atoms with E-state index in [1.807, 2.05) is 0 Å². The van der Waals surface area contributed by atoms with Crippen LogP contribution in [0, 0.1) is 12.8 Å². The Hall–Kier alpha value is -1.65. The fourth-order valence-corrected chi connectivity index (χ4v) is 3.98. The molecule has 0 unspecified atom stereocenters. The van der Waals surface area contributed by atoms with Gasteiger partial charge in [0, 0.05) is 16.9 Å². The first-order chi connectivity index (χ1) is 13.0. The van der Waals surface area contributed by atoms with E-state index in [1.54, 1.807) is 0 Å². The van der Waals surface area contributed by atoms with Gasteiger partial charge in [-0.05, 0) is 62.5 Å². The highest BCUT2D eigenvalue weighted by atomic mass is 79.9. The van der Waals surface area contributed by atoms with Crippen LogP contribution in [-0.2, 0) is 11.3 Å². The van der Waals surface area contributed by atoms with E-state index in [4.69, 9.17) is 0 Å². The van der Waals surface area contributed by atoms with Crippen molar-refractivity contribution >= 4 is 21.8 Å². The van der Waals surface area contributed by atoms with Gasteiger partial charge >= 0.3 is 0 Å². The molecule has 4 heteroatoms. The van der Waals surface area contributed by atoms with E-state index in [0.29, 0.717) is 0 Å². The molecule has 1 heterocycles. The molecule has 0 aliphatic carbocycles. The highest BCUT2D eigenvalue weighted by Crippen LogP contribution is 2.23. The lowest BCUT2D eigenvalue weighted by molar-refractivity contribution is -0.127. The number of nitrogens with zero attached hydrogens (tertiary/aromatic N) is 1. The monoisotopic (exact) mass is 428 g/mol. The van der Waals surface area contributed by atoms with Crippen molar-refractivity contribution in [1.82, 2.24) is 10.2 Å². The quantitative estimate of drug-likeness (QED) is 0.682. The second-order valence-corrected chi connectivity index (χ2v) is 8.47. The van der Waals surface area contributed by atoms with E-state index < -0.39 is 0 Å². The van der Waals surface area contributed by atoms with Gasteiger partial charge in [-0.1, -0.05) is 64.8 Å². The number of piperidine rings is 1. The number of carbonyl (C=O) groups is 1. The molecule has 0 aromatic heterocycles. The summed E-state index contributed by atoms with van der Waals surface area (Å²) in [4.78, 5) is 15.2. The molecule has 1 N–H and O–H groups in total. The Bertz CT molecular complexity index is 734. The van der Waals surface area contributed by atoms with E-state index in [0.717, 1.165) is 43.4 Å². The number of aryl methyl sites for hydroxylation is 1. The Morgan fingerprint density at radius 2 is 1.74 bits per heavy atom. The lowest BCUT2D eigenvalue weighted by atomic mass is 9.94. The van der Waals surface area contributed by atoms with Crippen LogP contribution in [0.5, 0.6) is 0 Å². The summed E-state index contributed by atoms with van der Waals surface area (Å²) in [6.07, 6.45) is 2.79. The summed E-state index contributed by atoms with van der Waals surface area (Å²) in [7, 11) is 0. The van der Waals surface area contributed by atoms with Crippen molar-refractivity contribution in [3.05, 3.63) is 69.7 Å². The Kier molecular flexibility index (Phi) is 7.08. The zero-order chi connectivity index (χ0) is 19.2. The molecule has 2 aromatic rings. The summed E-state index contributed by atoms with van der Waals surface area (Å²) in [6.45, 7) is 7.14. The van der Waals surface area contributed by atoms with Crippen molar-refractivity contribution in [2.24, 2.45) is 5.92 Å². The molecular formula is C23H29BrN2O. The number of rotatable bonds is 6. The molecule has 27 heavy (non-hydrogen) atoms. The number of nitrogens with one attached hydrogen (secondary N) is 1. The van der Waals surface area contributed by atoms with Crippen molar-refractivity contribution in [1.29, 1.82) is 0 Å². The van der Waals surface area contributed by atoms with Gasteiger partial charge in [-0.3, -0.25) is 9.69 Å². The fraction of sp³-hybridized carbons (Fsp3) is 0.435. The van der Waals surface area contributed by atoms with Crippen LogP contribution in [0.4, 0.5) is 0 Å². The molecule has 0 spiro atoms. The van der Waals surface area contributed by atoms with Crippen LogP contribution in [0.1, 0.15) is 48.9 Å². The third kappa shape index (κ3) is 5.66. The number of likely N-dealkylation sites (tertiary alicyclic amines) is 1. The van der Waals surface area contributed by atoms with Crippen molar-refractivity contribution in [3.63, 3.8) is 0 Å². The molecule has 1 atom stereocenters. The third-order valence-electron chi connectivity index (χ3n) is 5.48. The van der Waals surface area contributed by atoms with Crippen LogP contribution in [0.25, 0.3) is 0 Å². The van der Waals surface area contributed by atoms with E-state index >= 15 is 0 Å². The van der Waals surface area contributed by atoms with E-state index in [2.05, 4.69) is 88.5 Å². The van der Waals surface area contributed by atoms with Gasteiger partial charge in [0.25, 0.3) is 0 Å². The number of hydrogen-bond donors (Lipinski definition) is 1. The van der Waals surface area contributed by atoms with Crippen LogP contribution in [0.15, 0.2) is 53.0 Å². The van der Waals surface area contributed by atoms with Crippen molar-refractivity contribution in [3.8, 4) is 0 Å². The maximum Gasteiger partial charge on any atom is 0.223 e. The smallest absolute Gasteiger partial charge is 0.223 e. The molecule has 1 saturated heterocycles. The Morgan fingerprint density at radius 1 is 1.11 bits per heavy atom. The minimum atomic E-state index is 0.110. The Morgan fingerprint density at radius 3 is 2.33 bits per heavy atom. The largest absolute Gasteiger partial charge is 0.349 e. The Balaban J connectivity index is 1.50. The molecule has 3 rings (SSSR count). The van der Waals surface area contributed by atoms with Gasteiger partial charge < -0.3 is 5.32 Å². The summed E-state index contributed by atoms with van der Waals surface area (Å²) in [5, 5.41) is 3.28. The zero-order valence-corrected chi connectivity index (χ0v) is 17.8. The highest BCUT2D eigenvalue weighted by molar-refractivity contribution is 9.10. The number of benzene rings is 2. The zero-order valence-electron chi connectivity index (χ0n) is 16.2. The fourth-order valence-electron chi connectivity index (χ4n) is 3.71. The van der Waals surface area contributed by atoms with Gasteiger partial charge in [0.05, 0.1) is 6.04 Å². The van der Waals surface area contributed by atoms with Gasteiger partial charge in [0.1, 0.15) is 0 Å². The second kappa shape index (κ2) is 9.52. The summed E-state index contributed by atoms with van der Waals surface area (Å²) in [5.41, 5.74) is 3.77. The normalized spacial score (nSPS) is 16.9. The molecule has 0 saturated carbocycles. The van der Waals surface area contributed by atoms with Gasteiger partial charge in [0.2, 0.25) is 5.91 Å². The van der Waals surface area contributed by atoms with E-state index in [9.17, 15) is 4.79 Å². The number of halogens is 1. The van der Waals surface area contributed by atoms with Gasteiger partial charge in [-0.2, -0.15) is 0 Å². The maximum absolute atomic E-state index is 12.8. The number of carbonyl (C=O) groups excluding carboxylic acids is 1. The van der Waals surface area contributed by atoms with E-state index in [1.165, 1.54) is 16.7 Å². The minimum absolute atomic E-state index is 0.110. The maximum atomic E-state index is 12.8. The molecule has 3 nitrogen and oxygen atoms in total. The lowest BCUT2D eigenvalue weighted by Crippen LogP contribution is -2.41. The molecule has 1 aliphatic rings. The third-order valence-corrected chi connectivity index (χ3v) is 6.01. The number of hydrogen-bond acceptors (Lipinski definition) is 2. The number of amides is 1. The summed E-state index contributed by atoms with van der Waals surface area (Å²) in [5.74, 6) is 0.344. The average molecular weight is 429 g/mol. The highest BCUT2D eigenvalue weighted by Gasteiger charge is 2.26. The standard InChI is InChI=1S/C23H29BrN2O/c1-3-22(19-8-4-17(2)5-9-19)25-23(27)20-12-14-26(15-13-20)16-18-6-10-21(24)11-7-18/h4-11,20,22H,3,12-16H2,1-2H3,(H,25,27)/t22-/m0/s1. The first-order valence-electron chi connectivity index (χ1n) is 9.89. The molecule has 0 radical (unpaired) electrons. The first kappa shape index (κ1) is 20.1. The molecule has 1 amide bonds. The molecule has 2 aromatic carbocycles. The van der Waals surface area contributed by atoms with Crippen molar-refractivity contribution in [2.45, 2.75) is 45.7 Å². The molecule has 1 aliphatic heterocycles. The topological polar surface area (TPSA) is 32.3 Å². The molecule has 0 bridgehead atoms. The second-order valence-electron chi connectivity index (χ2n) is 7.56. The van der Waals surface area contributed by atoms with Crippen LogP contribution in [0.2, 0.25) is 0 Å². The molecule has 1 fully saturated rings. The van der Waals surface area contributed by atoms with Crippen LogP contribution in [-0.4, -0.2) is 23.9 Å². The summed E-state index contributed by atoms with van der Waals surface area (Å²) < 4.78 is 1.11. The lowest BCUT2D eigenvalue weighted by Gasteiger charge is -2.32. The summed E-state index contributed by atoms with van der Waals surface area (Å²) >= 11 is 3.48. The first-order valence-corrected chi connectivity index (χ1v) is 10.7. The van der Waals surface area contributed by atoms with Gasteiger partial charge in [-0.25, -0.2) is 0 Å². The SMILES string of the molecule is CC[C@H](NC(=O)C1CCN(Cc2ccc(Br)cc2)CC1)c1ccc(C)cc1. The van der Waals surface area contributed by atoms with Crippen molar-refractivity contribution in [2.75, 3.05) is 13.1 Å². The van der Waals surface area contributed by atoms with E-state index in [-0.39, 0.29) is 17.9 Å². The molecule has 144 valence electrons. The predicted octanol–water partition coefficient (Wildman–Crippen LogP) is 5.24. The van der Waals surface area contributed by atoms with Gasteiger partial charge in [0.15, 0.2) is 0 Å². The minimum Gasteiger partial charge on any atom is -0.349 e. The van der Waals surface area contributed by atoms with Crippen LogP contribution in [0.3, 0.4) is 0 Å². The van der Waals surface area contributed by atoms with Gasteiger partial charge in [-0.15, -0.1) is 0 Å². The molecular weight excluding hydrogens is 400 g/mol. The summed E-state index contributed by atoms with van der Waals surface area (Å²) in [6, 6.07) is 17.1. The van der Waals surface area contributed by atoms with Crippen LogP contribution >= 0.6 is 15.9 Å². The average Bonchev–Trinajstić information content (AvgIpc) is 2.69. The Labute approximate surface area is 171 Å². The van der Waals surface area contributed by atoms with Crippen LogP contribution < -0.4 is 5.32 Å². The van der Waals surface area contributed by atoms with Crippen molar-refractivity contribution < 1.29 is 4.79 Å². The predicted molar refractivity (Wildman–Crippen MR) is 114 cm³/mol.